The molecular weight excluding hydrogens is 329 g/mol. The Morgan fingerprint density at radius 1 is 1.42 bits per heavy atom. The minimum absolute atomic E-state index is 0.108. The second-order valence-corrected chi connectivity index (χ2v) is 4.39. The molecule has 0 N–H and O–H groups in total. The van der Waals surface area contributed by atoms with E-state index in [1.807, 2.05) is 0 Å². The van der Waals surface area contributed by atoms with Crippen LogP contribution >= 0.6 is 15.9 Å². The van der Waals surface area contributed by atoms with Gasteiger partial charge in [-0.15, -0.1) is 0 Å². The van der Waals surface area contributed by atoms with E-state index in [-0.39, 0.29) is 17.6 Å². The van der Waals surface area contributed by atoms with E-state index in [0.29, 0.717) is 11.3 Å². The summed E-state index contributed by atoms with van der Waals surface area (Å²) >= 11 is 3.10. The second kappa shape index (κ2) is 6.23. The zero-order chi connectivity index (χ0) is 14.6. The number of nitrogens with zero attached hydrogens (tertiary/aromatic N) is 2. The molecule has 0 saturated heterocycles. The van der Waals surface area contributed by atoms with Crippen LogP contribution in [0.1, 0.15) is 12.5 Å². The van der Waals surface area contributed by atoms with E-state index < -0.39 is 17.6 Å². The van der Waals surface area contributed by atoms with Crippen molar-refractivity contribution in [3.8, 4) is 0 Å². The molecule has 0 aliphatic rings. The quantitative estimate of drug-likeness (QED) is 0.464. The molecule has 0 unspecified atom stereocenters. The molecule has 0 spiro atoms. The van der Waals surface area contributed by atoms with Gasteiger partial charge in [-0.25, -0.2) is 0 Å². The lowest BCUT2D eigenvalue weighted by molar-refractivity contribution is -0.385. The van der Waals surface area contributed by atoms with Gasteiger partial charge in [0.2, 0.25) is 0 Å². The Morgan fingerprint density at radius 2 is 2.05 bits per heavy atom. The number of hydrogen-bond acceptors (Lipinski definition) is 3. The predicted molar refractivity (Wildman–Crippen MR) is 69.7 cm³/mol. The molecule has 0 heterocycles. The maximum atomic E-state index is 12.4. The van der Waals surface area contributed by atoms with Crippen LogP contribution in [0.4, 0.5) is 24.5 Å². The zero-order valence-corrected chi connectivity index (χ0v) is 11.7. The number of halogens is 4. The molecule has 106 valence electrons. The first-order valence-corrected chi connectivity index (χ1v) is 6.55. The van der Waals surface area contributed by atoms with Gasteiger partial charge in [-0.05, 0) is 19.1 Å². The zero-order valence-electron chi connectivity index (χ0n) is 10.1. The molecule has 0 saturated carbocycles. The summed E-state index contributed by atoms with van der Waals surface area (Å²) in [5, 5.41) is 11.0. The van der Waals surface area contributed by atoms with Crippen LogP contribution in [0, 0.1) is 10.1 Å². The fourth-order valence-corrected chi connectivity index (χ4v) is 2.10. The first-order valence-electron chi connectivity index (χ1n) is 5.43. The first kappa shape index (κ1) is 15.7. The van der Waals surface area contributed by atoms with Crippen molar-refractivity contribution < 1.29 is 18.1 Å². The summed E-state index contributed by atoms with van der Waals surface area (Å²) in [7, 11) is 0. The highest BCUT2D eigenvalue weighted by molar-refractivity contribution is 9.08. The maximum Gasteiger partial charge on any atom is 0.405 e. The second-order valence-electron chi connectivity index (χ2n) is 3.83. The van der Waals surface area contributed by atoms with E-state index in [4.69, 9.17) is 0 Å². The van der Waals surface area contributed by atoms with Gasteiger partial charge in [0.25, 0.3) is 5.69 Å². The van der Waals surface area contributed by atoms with Crippen LogP contribution < -0.4 is 4.90 Å². The molecule has 0 aliphatic carbocycles. The van der Waals surface area contributed by atoms with Crippen LogP contribution in [0.2, 0.25) is 0 Å². The van der Waals surface area contributed by atoms with E-state index in [2.05, 4.69) is 15.9 Å². The summed E-state index contributed by atoms with van der Waals surface area (Å²) in [6.07, 6.45) is -4.31. The van der Waals surface area contributed by atoms with Crippen LogP contribution in [0.5, 0.6) is 0 Å². The van der Waals surface area contributed by atoms with Gasteiger partial charge >= 0.3 is 6.18 Å². The third-order valence-electron chi connectivity index (χ3n) is 2.52. The number of nitro benzene ring substituents is 1. The molecule has 0 atom stereocenters. The summed E-state index contributed by atoms with van der Waals surface area (Å²) in [6, 6.07) is 3.96. The van der Waals surface area contributed by atoms with Crippen molar-refractivity contribution in [3.05, 3.63) is 33.9 Å². The Hall–Kier alpha value is -1.31. The Balaban J connectivity index is 3.09. The molecule has 1 aromatic carbocycles. The van der Waals surface area contributed by atoms with Gasteiger partial charge < -0.3 is 4.90 Å². The van der Waals surface area contributed by atoms with Crippen LogP contribution in [0.15, 0.2) is 18.2 Å². The predicted octanol–water partition coefficient (Wildman–Crippen LogP) is 3.88. The average Bonchev–Trinajstić information content (AvgIpc) is 2.33. The average molecular weight is 341 g/mol. The van der Waals surface area contributed by atoms with Crippen molar-refractivity contribution in [2.75, 3.05) is 18.0 Å². The monoisotopic (exact) mass is 340 g/mol. The lowest BCUT2D eigenvalue weighted by atomic mass is 10.1. The molecule has 19 heavy (non-hydrogen) atoms. The first-order chi connectivity index (χ1) is 8.78. The lowest BCUT2D eigenvalue weighted by Crippen LogP contribution is -2.34. The van der Waals surface area contributed by atoms with E-state index >= 15 is 0 Å². The molecule has 0 radical (unpaired) electrons. The normalized spacial score (nSPS) is 11.4. The molecule has 1 aromatic rings. The van der Waals surface area contributed by atoms with Crippen molar-refractivity contribution in [3.63, 3.8) is 0 Å². The van der Waals surface area contributed by atoms with Gasteiger partial charge in [0.05, 0.1) is 4.92 Å². The van der Waals surface area contributed by atoms with Gasteiger partial charge in [0.1, 0.15) is 6.54 Å². The van der Waals surface area contributed by atoms with Crippen LogP contribution in [-0.4, -0.2) is 24.2 Å². The SMILES string of the molecule is CCN(CC(F)(F)F)c1ccc([N+](=O)[O-])c(CBr)c1. The number of alkyl halides is 4. The number of rotatable bonds is 5. The minimum Gasteiger partial charge on any atom is -0.363 e. The van der Waals surface area contributed by atoms with Gasteiger partial charge in [-0.3, -0.25) is 10.1 Å². The maximum absolute atomic E-state index is 12.4. The summed E-state index contributed by atoms with van der Waals surface area (Å²) < 4.78 is 37.2. The number of anilines is 1. The Labute approximate surface area is 116 Å². The van der Waals surface area contributed by atoms with Crippen molar-refractivity contribution in [1.82, 2.24) is 0 Å². The third-order valence-corrected chi connectivity index (χ3v) is 3.12. The molecule has 8 heteroatoms. The Bertz CT molecular complexity index is 466. The summed E-state index contributed by atoms with van der Waals surface area (Å²) in [6.45, 7) is 0.684. The van der Waals surface area contributed by atoms with E-state index in [1.54, 1.807) is 6.92 Å². The number of nitro groups is 1. The molecule has 0 aromatic heterocycles. The third kappa shape index (κ3) is 4.38. The van der Waals surface area contributed by atoms with E-state index in [0.717, 1.165) is 4.90 Å². The van der Waals surface area contributed by atoms with E-state index in [1.165, 1.54) is 18.2 Å². The van der Waals surface area contributed by atoms with E-state index in [9.17, 15) is 23.3 Å². The largest absolute Gasteiger partial charge is 0.405 e. The van der Waals surface area contributed by atoms with Gasteiger partial charge in [0, 0.05) is 29.2 Å². The summed E-state index contributed by atoms with van der Waals surface area (Å²) in [4.78, 5) is 11.3. The van der Waals surface area contributed by atoms with Gasteiger partial charge in [-0.2, -0.15) is 13.2 Å². The Morgan fingerprint density at radius 3 is 2.47 bits per heavy atom. The molecule has 0 fully saturated rings. The highest BCUT2D eigenvalue weighted by atomic mass is 79.9. The smallest absolute Gasteiger partial charge is 0.363 e. The summed E-state index contributed by atoms with van der Waals surface area (Å²) in [5.41, 5.74) is 0.562. The van der Waals surface area contributed by atoms with Crippen LogP contribution in [-0.2, 0) is 5.33 Å². The molecule has 0 aliphatic heterocycles. The highest BCUT2D eigenvalue weighted by Crippen LogP contribution is 2.28. The summed E-state index contributed by atoms with van der Waals surface area (Å²) in [5.74, 6) is 0. The standard InChI is InChI=1S/C11H12BrF3N2O2/c1-2-16(7-11(13,14)15)9-3-4-10(17(18)19)8(5-9)6-12/h3-5H,2,6-7H2,1H3. The van der Waals surface area contributed by atoms with Crippen molar-refractivity contribution >= 4 is 27.3 Å². The number of benzene rings is 1. The topological polar surface area (TPSA) is 46.4 Å². The fourth-order valence-electron chi connectivity index (χ4n) is 1.66. The lowest BCUT2D eigenvalue weighted by Gasteiger charge is -2.24. The molecule has 4 nitrogen and oxygen atoms in total. The Kier molecular flexibility index (Phi) is 5.16. The fraction of sp³-hybridized carbons (Fsp3) is 0.455. The molecular formula is C11H12BrF3N2O2. The minimum atomic E-state index is -4.31. The van der Waals surface area contributed by atoms with Crippen LogP contribution in [0.25, 0.3) is 0 Å². The highest BCUT2D eigenvalue weighted by Gasteiger charge is 2.30. The van der Waals surface area contributed by atoms with Gasteiger partial charge in [0.15, 0.2) is 0 Å². The number of hydrogen-bond donors (Lipinski definition) is 0. The van der Waals surface area contributed by atoms with Gasteiger partial charge in [-0.1, -0.05) is 15.9 Å². The van der Waals surface area contributed by atoms with Crippen molar-refractivity contribution in [2.24, 2.45) is 0 Å². The molecule has 0 bridgehead atoms. The van der Waals surface area contributed by atoms with Crippen LogP contribution in [0.3, 0.4) is 0 Å². The van der Waals surface area contributed by atoms with Crippen molar-refractivity contribution in [2.45, 2.75) is 18.4 Å². The molecule has 0 amide bonds. The van der Waals surface area contributed by atoms with Crippen molar-refractivity contribution in [1.29, 1.82) is 0 Å². The molecule has 1 rings (SSSR count).